The number of hydrogen-bond donors (Lipinski definition) is 1. The molecule has 0 aliphatic carbocycles. The Morgan fingerprint density at radius 3 is 2.50 bits per heavy atom. The van der Waals surface area contributed by atoms with Crippen molar-refractivity contribution in [3.8, 4) is 11.4 Å². The van der Waals surface area contributed by atoms with Gasteiger partial charge in [-0.2, -0.15) is 0 Å². The molecule has 0 fully saturated rings. The van der Waals surface area contributed by atoms with Gasteiger partial charge in [-0.25, -0.2) is 9.97 Å². The van der Waals surface area contributed by atoms with Gasteiger partial charge in [0.05, 0.1) is 5.69 Å². The topological polar surface area (TPSA) is 37.8 Å². The van der Waals surface area contributed by atoms with E-state index in [1.807, 2.05) is 0 Å². The number of aromatic nitrogens is 2. The molecule has 0 spiro atoms. The molecule has 0 bridgehead atoms. The molecule has 20 heavy (non-hydrogen) atoms. The van der Waals surface area contributed by atoms with Gasteiger partial charge in [0.2, 0.25) is 0 Å². The van der Waals surface area contributed by atoms with Crippen LogP contribution in [0.15, 0.2) is 16.6 Å². The molecule has 0 unspecified atom stereocenters. The lowest BCUT2D eigenvalue weighted by atomic mass is 10.0. The number of halogens is 1. The summed E-state index contributed by atoms with van der Waals surface area (Å²) >= 11 is 3.61. The van der Waals surface area contributed by atoms with Crippen molar-refractivity contribution >= 4 is 15.9 Å². The summed E-state index contributed by atoms with van der Waals surface area (Å²) in [4.78, 5) is 9.48. The Balaban J connectivity index is 2.13. The average molecular weight is 332 g/mol. The highest BCUT2D eigenvalue weighted by atomic mass is 79.9. The van der Waals surface area contributed by atoms with Gasteiger partial charge in [-0.3, -0.25) is 0 Å². The molecule has 2 aromatic rings. The fourth-order valence-electron chi connectivity index (χ4n) is 2.75. The van der Waals surface area contributed by atoms with Crippen LogP contribution < -0.4 is 5.32 Å². The highest BCUT2D eigenvalue weighted by Crippen LogP contribution is 2.28. The van der Waals surface area contributed by atoms with E-state index in [1.54, 1.807) is 0 Å². The van der Waals surface area contributed by atoms with Crippen LogP contribution in [0.25, 0.3) is 11.4 Å². The van der Waals surface area contributed by atoms with Crippen LogP contribution >= 0.6 is 15.9 Å². The number of hydrogen-bond acceptors (Lipinski definition) is 3. The van der Waals surface area contributed by atoms with Gasteiger partial charge in [0.25, 0.3) is 0 Å². The third-order valence-electron chi connectivity index (χ3n) is 3.84. The van der Waals surface area contributed by atoms with Gasteiger partial charge < -0.3 is 5.32 Å². The normalized spacial score (nSPS) is 14.2. The molecule has 0 radical (unpaired) electrons. The summed E-state index contributed by atoms with van der Waals surface area (Å²) in [6.07, 6.45) is 1.03. The van der Waals surface area contributed by atoms with Gasteiger partial charge in [-0.15, -0.1) is 0 Å². The molecule has 0 saturated heterocycles. The molecule has 0 saturated carbocycles. The molecule has 104 valence electrons. The van der Waals surface area contributed by atoms with Crippen molar-refractivity contribution in [2.75, 3.05) is 6.54 Å². The molecule has 1 N–H and O–H groups in total. The zero-order chi connectivity index (χ0) is 14.3. The first-order valence-corrected chi connectivity index (χ1v) is 7.70. The second-order valence-corrected chi connectivity index (χ2v) is 6.20. The van der Waals surface area contributed by atoms with E-state index in [4.69, 9.17) is 9.97 Å². The van der Waals surface area contributed by atoms with Gasteiger partial charge in [-0.05, 0) is 62.6 Å². The predicted molar refractivity (Wildman–Crippen MR) is 84.8 cm³/mol. The summed E-state index contributed by atoms with van der Waals surface area (Å²) in [6.45, 7) is 8.17. The number of benzene rings is 1. The molecule has 0 amide bonds. The van der Waals surface area contributed by atoms with Crippen molar-refractivity contribution < 1.29 is 0 Å². The van der Waals surface area contributed by atoms with Crippen molar-refractivity contribution in [1.29, 1.82) is 0 Å². The van der Waals surface area contributed by atoms with Crippen molar-refractivity contribution in [2.45, 2.75) is 33.7 Å². The SMILES string of the molecule is Cc1cc(-c2nc(C)c3c(n2)CNCC3)cc(C)c1Br. The highest BCUT2D eigenvalue weighted by Gasteiger charge is 2.16. The van der Waals surface area contributed by atoms with E-state index in [0.29, 0.717) is 0 Å². The monoisotopic (exact) mass is 331 g/mol. The fraction of sp³-hybridized carbons (Fsp3) is 0.375. The smallest absolute Gasteiger partial charge is 0.159 e. The Morgan fingerprint density at radius 2 is 1.80 bits per heavy atom. The first-order valence-electron chi connectivity index (χ1n) is 6.90. The number of fused-ring (bicyclic) bond motifs is 1. The minimum atomic E-state index is 0.837. The molecule has 1 aliphatic rings. The van der Waals surface area contributed by atoms with Crippen molar-refractivity contribution in [1.82, 2.24) is 15.3 Å². The third kappa shape index (κ3) is 2.38. The summed E-state index contributed by atoms with van der Waals surface area (Å²) in [6, 6.07) is 4.29. The Hall–Kier alpha value is -1.26. The summed E-state index contributed by atoms with van der Waals surface area (Å²) in [5, 5.41) is 3.38. The van der Waals surface area contributed by atoms with Gasteiger partial charge >= 0.3 is 0 Å². The van der Waals surface area contributed by atoms with Crippen LogP contribution in [0.2, 0.25) is 0 Å². The van der Waals surface area contributed by atoms with E-state index >= 15 is 0 Å². The zero-order valence-electron chi connectivity index (χ0n) is 12.0. The summed E-state index contributed by atoms with van der Waals surface area (Å²) in [7, 11) is 0. The molecule has 3 rings (SSSR count). The van der Waals surface area contributed by atoms with E-state index in [9.17, 15) is 0 Å². The molecule has 2 heterocycles. The largest absolute Gasteiger partial charge is 0.311 e. The van der Waals surface area contributed by atoms with E-state index < -0.39 is 0 Å². The maximum Gasteiger partial charge on any atom is 0.159 e. The lowest BCUT2D eigenvalue weighted by molar-refractivity contribution is 0.620. The minimum absolute atomic E-state index is 0.837. The Kier molecular flexibility index (Phi) is 3.61. The number of rotatable bonds is 1. The molecular formula is C16H18BrN3. The molecule has 4 heteroatoms. The van der Waals surface area contributed by atoms with Crippen LogP contribution in [0.3, 0.4) is 0 Å². The van der Waals surface area contributed by atoms with Gasteiger partial charge in [0.1, 0.15) is 0 Å². The van der Waals surface area contributed by atoms with E-state index in [0.717, 1.165) is 46.8 Å². The van der Waals surface area contributed by atoms with Crippen LogP contribution in [0.5, 0.6) is 0 Å². The van der Waals surface area contributed by atoms with Crippen molar-refractivity contribution in [2.24, 2.45) is 0 Å². The zero-order valence-corrected chi connectivity index (χ0v) is 13.6. The number of aryl methyl sites for hydroxylation is 3. The maximum atomic E-state index is 4.77. The van der Waals surface area contributed by atoms with E-state index in [2.05, 4.69) is 54.2 Å². The lowest BCUT2D eigenvalue weighted by Crippen LogP contribution is -2.26. The standard InChI is InChI=1S/C16H18BrN3/c1-9-6-12(7-10(2)15(9)17)16-19-11(3)13-4-5-18-8-14(13)20-16/h6-7,18H,4-5,8H2,1-3H3. The first kappa shape index (κ1) is 13.7. The Bertz CT molecular complexity index is 657. The van der Waals surface area contributed by atoms with Crippen molar-refractivity contribution in [3.05, 3.63) is 44.7 Å². The lowest BCUT2D eigenvalue weighted by Gasteiger charge is -2.19. The average Bonchev–Trinajstić information content (AvgIpc) is 2.44. The summed E-state index contributed by atoms with van der Waals surface area (Å²) in [5.41, 5.74) is 7.12. The van der Waals surface area contributed by atoms with Crippen LogP contribution in [-0.4, -0.2) is 16.5 Å². The Labute approximate surface area is 128 Å². The van der Waals surface area contributed by atoms with Gasteiger partial charge in [0.15, 0.2) is 5.82 Å². The van der Waals surface area contributed by atoms with Crippen LogP contribution in [0, 0.1) is 20.8 Å². The summed E-state index contributed by atoms with van der Waals surface area (Å²) in [5.74, 6) is 0.837. The maximum absolute atomic E-state index is 4.77. The molecule has 1 aromatic heterocycles. The molecular weight excluding hydrogens is 314 g/mol. The third-order valence-corrected chi connectivity index (χ3v) is 5.09. The molecule has 1 aromatic carbocycles. The fourth-order valence-corrected chi connectivity index (χ4v) is 2.98. The van der Waals surface area contributed by atoms with Gasteiger partial charge in [0, 0.05) is 22.3 Å². The van der Waals surface area contributed by atoms with Crippen LogP contribution in [0.1, 0.15) is 28.1 Å². The second-order valence-electron chi connectivity index (χ2n) is 5.41. The molecule has 3 nitrogen and oxygen atoms in total. The van der Waals surface area contributed by atoms with Gasteiger partial charge in [-0.1, -0.05) is 15.9 Å². The predicted octanol–water partition coefficient (Wildman–Crippen LogP) is 3.48. The Morgan fingerprint density at radius 1 is 1.10 bits per heavy atom. The van der Waals surface area contributed by atoms with Crippen molar-refractivity contribution in [3.63, 3.8) is 0 Å². The van der Waals surface area contributed by atoms with E-state index in [1.165, 1.54) is 16.7 Å². The number of nitrogens with zero attached hydrogens (tertiary/aromatic N) is 2. The van der Waals surface area contributed by atoms with E-state index in [-0.39, 0.29) is 0 Å². The quantitative estimate of drug-likeness (QED) is 0.869. The molecule has 0 atom stereocenters. The summed E-state index contributed by atoms with van der Waals surface area (Å²) < 4.78 is 1.16. The first-order chi connectivity index (χ1) is 9.56. The number of nitrogens with one attached hydrogen (secondary N) is 1. The van der Waals surface area contributed by atoms with Crippen LogP contribution in [-0.2, 0) is 13.0 Å². The second kappa shape index (κ2) is 5.26. The van der Waals surface area contributed by atoms with Crippen LogP contribution in [0.4, 0.5) is 0 Å². The highest BCUT2D eigenvalue weighted by molar-refractivity contribution is 9.10. The minimum Gasteiger partial charge on any atom is -0.311 e. The molecule has 1 aliphatic heterocycles.